The van der Waals surface area contributed by atoms with Crippen molar-refractivity contribution < 1.29 is 28.8 Å². The number of carbonyl (C=O) groups is 4. The molecular formula is C9H8N2O6. The Morgan fingerprint density at radius 3 is 2.65 bits per heavy atom. The van der Waals surface area contributed by atoms with E-state index in [4.69, 9.17) is 4.74 Å². The Morgan fingerprint density at radius 1 is 1.12 bits per heavy atom. The average molecular weight is 240 g/mol. The van der Waals surface area contributed by atoms with E-state index >= 15 is 0 Å². The van der Waals surface area contributed by atoms with Crippen molar-refractivity contribution in [2.75, 3.05) is 6.54 Å². The third kappa shape index (κ3) is 1.23. The molecule has 0 spiro atoms. The van der Waals surface area contributed by atoms with E-state index in [0.717, 1.165) is 6.42 Å². The van der Waals surface area contributed by atoms with Gasteiger partial charge in [0.05, 0.1) is 6.04 Å². The van der Waals surface area contributed by atoms with Crippen LogP contribution in [0.4, 0.5) is 4.79 Å². The van der Waals surface area contributed by atoms with Gasteiger partial charge in [0.1, 0.15) is 0 Å². The predicted molar refractivity (Wildman–Crippen MR) is 47.9 cm³/mol. The Hall–Kier alpha value is -2.12. The van der Waals surface area contributed by atoms with Crippen LogP contribution in [0.2, 0.25) is 0 Å². The first-order valence-electron chi connectivity index (χ1n) is 5.17. The molecule has 90 valence electrons. The molecule has 0 N–H and O–H groups in total. The van der Waals surface area contributed by atoms with Gasteiger partial charge in [0.25, 0.3) is 0 Å². The van der Waals surface area contributed by atoms with Crippen LogP contribution >= 0.6 is 0 Å². The summed E-state index contributed by atoms with van der Waals surface area (Å²) in [7, 11) is 0. The van der Waals surface area contributed by atoms with Gasteiger partial charge in [0, 0.05) is 6.54 Å². The van der Waals surface area contributed by atoms with E-state index in [1.54, 1.807) is 0 Å². The van der Waals surface area contributed by atoms with E-state index in [9.17, 15) is 19.2 Å². The van der Waals surface area contributed by atoms with Gasteiger partial charge >= 0.3 is 23.9 Å². The molecule has 2 unspecified atom stereocenters. The van der Waals surface area contributed by atoms with E-state index in [0.29, 0.717) is 18.0 Å². The smallest absolute Gasteiger partial charge is 0.441 e. The first kappa shape index (κ1) is 10.1. The van der Waals surface area contributed by atoms with E-state index < -0.39 is 36.0 Å². The molecule has 3 aliphatic rings. The lowest BCUT2D eigenvalue weighted by Gasteiger charge is -2.36. The minimum Gasteiger partial charge on any atom is -0.441 e. The molecule has 3 saturated heterocycles. The molecule has 3 heterocycles. The minimum atomic E-state index is -1.35. The molecule has 8 nitrogen and oxygen atoms in total. The van der Waals surface area contributed by atoms with Crippen LogP contribution in [0.15, 0.2) is 0 Å². The molecule has 0 saturated carbocycles. The number of esters is 1. The van der Waals surface area contributed by atoms with Crippen LogP contribution in [0.5, 0.6) is 0 Å². The SMILES string of the molecule is O=C1OC2C(=O)N(OC1=O)C(=O)N1CCCC21. The summed E-state index contributed by atoms with van der Waals surface area (Å²) in [6, 6.07) is -1.19. The van der Waals surface area contributed by atoms with Gasteiger partial charge in [-0.15, -0.1) is 0 Å². The lowest BCUT2D eigenvalue weighted by Crippen LogP contribution is -2.61. The molecule has 0 radical (unpaired) electrons. The molecular weight excluding hydrogens is 232 g/mol. The summed E-state index contributed by atoms with van der Waals surface area (Å²) in [5, 5.41) is 0.319. The second-order valence-corrected chi connectivity index (χ2v) is 4.02. The van der Waals surface area contributed by atoms with Gasteiger partial charge in [-0.1, -0.05) is 5.06 Å². The molecule has 2 bridgehead atoms. The molecule has 2 atom stereocenters. The maximum absolute atomic E-state index is 11.8. The first-order chi connectivity index (χ1) is 8.09. The number of imide groups is 1. The monoisotopic (exact) mass is 240 g/mol. The zero-order valence-electron chi connectivity index (χ0n) is 8.62. The van der Waals surface area contributed by atoms with Gasteiger partial charge in [0.15, 0.2) is 0 Å². The predicted octanol–water partition coefficient (Wildman–Crippen LogP) is -1.20. The zero-order chi connectivity index (χ0) is 12.2. The maximum atomic E-state index is 11.8. The molecule has 3 aliphatic heterocycles. The summed E-state index contributed by atoms with van der Waals surface area (Å²) in [6.07, 6.45) is 0.158. The van der Waals surface area contributed by atoms with E-state index in [-0.39, 0.29) is 0 Å². The van der Waals surface area contributed by atoms with E-state index in [1.807, 2.05) is 0 Å². The van der Waals surface area contributed by atoms with Gasteiger partial charge in [-0.05, 0) is 12.8 Å². The minimum absolute atomic E-state index is 0.319. The van der Waals surface area contributed by atoms with Crippen LogP contribution in [0.1, 0.15) is 12.8 Å². The zero-order valence-corrected chi connectivity index (χ0v) is 8.62. The number of fused-ring (bicyclic) bond motifs is 4. The highest BCUT2D eigenvalue weighted by Gasteiger charge is 2.55. The summed E-state index contributed by atoms with van der Waals surface area (Å²) in [6.45, 7) is 0.457. The fourth-order valence-electron chi connectivity index (χ4n) is 2.33. The van der Waals surface area contributed by atoms with E-state index in [2.05, 4.69) is 4.84 Å². The van der Waals surface area contributed by atoms with Crippen LogP contribution in [0.3, 0.4) is 0 Å². The number of rotatable bonds is 0. The van der Waals surface area contributed by atoms with Crippen LogP contribution in [-0.4, -0.2) is 52.5 Å². The number of carbonyl (C=O) groups excluding carboxylic acids is 4. The highest BCUT2D eigenvalue weighted by molar-refractivity contribution is 6.31. The average Bonchev–Trinajstić information content (AvgIpc) is 2.75. The van der Waals surface area contributed by atoms with Crippen LogP contribution < -0.4 is 0 Å². The van der Waals surface area contributed by atoms with Crippen molar-refractivity contribution in [3.8, 4) is 0 Å². The molecule has 0 aromatic carbocycles. The largest absolute Gasteiger partial charge is 0.442 e. The van der Waals surface area contributed by atoms with Crippen molar-refractivity contribution >= 4 is 23.9 Å². The van der Waals surface area contributed by atoms with Crippen molar-refractivity contribution in [3.05, 3.63) is 0 Å². The van der Waals surface area contributed by atoms with Crippen molar-refractivity contribution in [1.82, 2.24) is 9.96 Å². The van der Waals surface area contributed by atoms with Crippen LogP contribution in [0.25, 0.3) is 0 Å². The third-order valence-corrected chi connectivity index (χ3v) is 3.09. The molecule has 0 aromatic rings. The fraction of sp³-hybridized carbons (Fsp3) is 0.556. The lowest BCUT2D eigenvalue weighted by atomic mass is 10.1. The summed E-state index contributed by atoms with van der Waals surface area (Å²) in [5.74, 6) is -3.39. The van der Waals surface area contributed by atoms with Crippen LogP contribution in [-0.2, 0) is 24.0 Å². The quantitative estimate of drug-likeness (QED) is 0.390. The number of hydroxylamine groups is 2. The topological polar surface area (TPSA) is 93.2 Å². The van der Waals surface area contributed by atoms with Gasteiger partial charge in [-0.3, -0.25) is 4.79 Å². The number of hydrogen-bond acceptors (Lipinski definition) is 6. The number of hydrogen-bond donors (Lipinski definition) is 0. The summed E-state index contributed by atoms with van der Waals surface area (Å²) >= 11 is 0. The van der Waals surface area contributed by atoms with Gasteiger partial charge in [-0.2, -0.15) is 0 Å². The number of urea groups is 1. The van der Waals surface area contributed by atoms with Gasteiger partial charge < -0.3 is 14.5 Å². The second kappa shape index (κ2) is 3.19. The molecule has 17 heavy (non-hydrogen) atoms. The first-order valence-corrected chi connectivity index (χ1v) is 5.17. The Bertz CT molecular complexity index is 447. The maximum Gasteiger partial charge on any atom is 0.442 e. The second-order valence-electron chi connectivity index (χ2n) is 4.02. The van der Waals surface area contributed by atoms with Crippen molar-refractivity contribution in [1.29, 1.82) is 0 Å². The van der Waals surface area contributed by atoms with Crippen molar-refractivity contribution in [3.63, 3.8) is 0 Å². The Kier molecular flexibility index (Phi) is 1.89. The molecule has 0 aliphatic carbocycles. The number of amides is 3. The molecule has 3 amide bonds. The lowest BCUT2D eigenvalue weighted by molar-refractivity contribution is -0.189. The van der Waals surface area contributed by atoms with Gasteiger partial charge in [-0.25, -0.2) is 14.4 Å². The van der Waals surface area contributed by atoms with Crippen molar-refractivity contribution in [2.45, 2.75) is 25.0 Å². The summed E-state index contributed by atoms with van der Waals surface area (Å²) < 4.78 is 4.77. The highest BCUT2D eigenvalue weighted by atomic mass is 16.8. The number of ether oxygens (including phenoxy) is 1. The third-order valence-electron chi connectivity index (χ3n) is 3.09. The Balaban J connectivity index is 2.04. The van der Waals surface area contributed by atoms with Crippen LogP contribution in [0, 0.1) is 0 Å². The Labute approximate surface area is 95.0 Å². The molecule has 3 rings (SSSR count). The number of nitrogens with zero attached hydrogens (tertiary/aromatic N) is 2. The normalized spacial score (nSPS) is 32.0. The fourth-order valence-corrected chi connectivity index (χ4v) is 2.33. The summed E-state index contributed by atoms with van der Waals surface area (Å²) in [4.78, 5) is 51.7. The standard InChI is InChI=1S/C9H8N2O6/c12-6-5-4-2-1-3-10(4)9(15)11(6)17-8(14)7(13)16-5/h4-5H,1-3H2. The van der Waals surface area contributed by atoms with E-state index in [1.165, 1.54) is 4.90 Å². The molecule has 3 fully saturated rings. The Morgan fingerprint density at radius 2 is 1.88 bits per heavy atom. The highest BCUT2D eigenvalue weighted by Crippen LogP contribution is 2.30. The van der Waals surface area contributed by atoms with Gasteiger partial charge in [0.2, 0.25) is 6.10 Å². The molecule has 0 aromatic heterocycles. The molecule has 8 heteroatoms. The summed E-state index contributed by atoms with van der Waals surface area (Å²) in [5.41, 5.74) is 0. The van der Waals surface area contributed by atoms with Crippen molar-refractivity contribution in [2.24, 2.45) is 0 Å².